The number of hydrogen-bond acceptors (Lipinski definition) is 3. The highest BCUT2D eigenvalue weighted by atomic mass is 35.5. The molecule has 0 spiro atoms. The first kappa shape index (κ1) is 12.0. The van der Waals surface area contributed by atoms with Gasteiger partial charge < -0.3 is 14.6 Å². The van der Waals surface area contributed by atoms with Crippen molar-refractivity contribution in [3.05, 3.63) is 22.7 Å². The lowest BCUT2D eigenvalue weighted by atomic mass is 10.0. The SMILES string of the molecule is CC(CCc1cc(Cl)c2c(c1)OCO2)C(=O)O. The molecular formula is C12H13ClO4. The van der Waals surface area contributed by atoms with E-state index in [1.807, 2.05) is 6.07 Å². The molecule has 0 saturated heterocycles. The van der Waals surface area contributed by atoms with E-state index in [0.717, 1.165) is 5.56 Å². The van der Waals surface area contributed by atoms with Gasteiger partial charge in [0.25, 0.3) is 0 Å². The number of fused-ring (bicyclic) bond motifs is 1. The van der Waals surface area contributed by atoms with Crippen molar-refractivity contribution in [2.45, 2.75) is 19.8 Å². The fraction of sp³-hybridized carbons (Fsp3) is 0.417. The van der Waals surface area contributed by atoms with Gasteiger partial charge in [-0.3, -0.25) is 4.79 Å². The van der Waals surface area contributed by atoms with Crippen LogP contribution in [-0.4, -0.2) is 17.9 Å². The van der Waals surface area contributed by atoms with Crippen molar-refractivity contribution in [3.63, 3.8) is 0 Å². The number of hydrogen-bond donors (Lipinski definition) is 1. The van der Waals surface area contributed by atoms with E-state index in [-0.39, 0.29) is 12.7 Å². The van der Waals surface area contributed by atoms with E-state index in [2.05, 4.69) is 0 Å². The summed E-state index contributed by atoms with van der Waals surface area (Å²) in [7, 11) is 0. The molecule has 0 saturated carbocycles. The molecule has 17 heavy (non-hydrogen) atoms. The normalized spacial score (nSPS) is 14.7. The van der Waals surface area contributed by atoms with Crippen LogP contribution in [0.1, 0.15) is 18.9 Å². The summed E-state index contributed by atoms with van der Waals surface area (Å²) in [5.41, 5.74) is 0.965. The number of benzene rings is 1. The Morgan fingerprint density at radius 3 is 3.00 bits per heavy atom. The molecule has 0 aromatic heterocycles. The Labute approximate surface area is 104 Å². The highest BCUT2D eigenvalue weighted by Crippen LogP contribution is 2.40. The molecular weight excluding hydrogens is 244 g/mol. The molecule has 1 heterocycles. The Bertz CT molecular complexity index is 444. The van der Waals surface area contributed by atoms with Crippen molar-refractivity contribution in [2.75, 3.05) is 6.79 Å². The maximum atomic E-state index is 10.7. The molecule has 1 aliphatic rings. The number of rotatable bonds is 4. The average Bonchev–Trinajstić information content (AvgIpc) is 2.74. The second-order valence-corrected chi connectivity index (χ2v) is 4.50. The monoisotopic (exact) mass is 256 g/mol. The zero-order valence-corrected chi connectivity index (χ0v) is 10.2. The lowest BCUT2D eigenvalue weighted by Crippen LogP contribution is -2.10. The molecule has 1 N–H and O–H groups in total. The van der Waals surface area contributed by atoms with Gasteiger partial charge in [-0.2, -0.15) is 0 Å². The molecule has 0 bridgehead atoms. The number of aliphatic carboxylic acids is 1. The molecule has 1 aliphatic heterocycles. The summed E-state index contributed by atoms with van der Waals surface area (Å²) in [6, 6.07) is 3.65. The maximum absolute atomic E-state index is 10.7. The number of carboxylic acids is 1. The van der Waals surface area contributed by atoms with Gasteiger partial charge in [0.1, 0.15) is 0 Å². The molecule has 0 amide bonds. The highest BCUT2D eigenvalue weighted by Gasteiger charge is 2.19. The number of ether oxygens (including phenoxy) is 2. The summed E-state index contributed by atoms with van der Waals surface area (Å²) in [5.74, 6) is 0.0632. The molecule has 0 aliphatic carbocycles. The molecule has 2 rings (SSSR count). The van der Waals surface area contributed by atoms with Gasteiger partial charge in [0, 0.05) is 0 Å². The Morgan fingerprint density at radius 2 is 2.29 bits per heavy atom. The quantitative estimate of drug-likeness (QED) is 0.900. The third kappa shape index (κ3) is 2.64. The van der Waals surface area contributed by atoms with E-state index in [1.165, 1.54) is 0 Å². The zero-order valence-electron chi connectivity index (χ0n) is 9.40. The van der Waals surface area contributed by atoms with Crippen LogP contribution >= 0.6 is 11.6 Å². The summed E-state index contributed by atoms with van der Waals surface area (Å²) < 4.78 is 10.5. The van der Waals surface area contributed by atoms with E-state index >= 15 is 0 Å². The average molecular weight is 257 g/mol. The Hall–Kier alpha value is -1.42. The van der Waals surface area contributed by atoms with Crippen LogP contribution in [0.25, 0.3) is 0 Å². The second-order valence-electron chi connectivity index (χ2n) is 4.09. The van der Waals surface area contributed by atoms with E-state index in [9.17, 15) is 4.79 Å². The Morgan fingerprint density at radius 1 is 1.53 bits per heavy atom. The molecule has 1 atom stereocenters. The van der Waals surface area contributed by atoms with Crippen molar-refractivity contribution < 1.29 is 19.4 Å². The fourth-order valence-electron chi connectivity index (χ4n) is 1.67. The zero-order chi connectivity index (χ0) is 12.4. The minimum Gasteiger partial charge on any atom is -0.481 e. The Kier molecular flexibility index (Phi) is 3.43. The molecule has 1 unspecified atom stereocenters. The van der Waals surface area contributed by atoms with Crippen molar-refractivity contribution in [1.29, 1.82) is 0 Å². The van der Waals surface area contributed by atoms with Gasteiger partial charge in [0.15, 0.2) is 11.5 Å². The predicted octanol–water partition coefficient (Wildman–Crippen LogP) is 2.72. The number of carbonyl (C=O) groups is 1. The lowest BCUT2D eigenvalue weighted by Gasteiger charge is -2.07. The first-order chi connectivity index (χ1) is 8.08. The van der Waals surface area contributed by atoms with Gasteiger partial charge in [0.05, 0.1) is 10.9 Å². The first-order valence-corrected chi connectivity index (χ1v) is 5.76. The van der Waals surface area contributed by atoms with Crippen LogP contribution in [0.2, 0.25) is 5.02 Å². The van der Waals surface area contributed by atoms with Gasteiger partial charge in [-0.1, -0.05) is 18.5 Å². The van der Waals surface area contributed by atoms with Gasteiger partial charge in [-0.25, -0.2) is 0 Å². The van der Waals surface area contributed by atoms with Crippen LogP contribution in [-0.2, 0) is 11.2 Å². The molecule has 4 nitrogen and oxygen atoms in total. The van der Waals surface area contributed by atoms with Crippen LogP contribution in [0.15, 0.2) is 12.1 Å². The van der Waals surface area contributed by atoms with Crippen molar-refractivity contribution in [2.24, 2.45) is 5.92 Å². The molecule has 0 radical (unpaired) electrons. The van der Waals surface area contributed by atoms with E-state index in [0.29, 0.717) is 29.4 Å². The Balaban J connectivity index is 2.07. The summed E-state index contributed by atoms with van der Waals surface area (Å²) >= 11 is 6.03. The minimum atomic E-state index is -0.781. The molecule has 1 aromatic carbocycles. The third-order valence-corrected chi connectivity index (χ3v) is 3.06. The molecule has 5 heteroatoms. The van der Waals surface area contributed by atoms with Crippen LogP contribution < -0.4 is 9.47 Å². The summed E-state index contributed by atoms with van der Waals surface area (Å²) in [6.45, 7) is 1.88. The predicted molar refractivity (Wildman–Crippen MR) is 62.7 cm³/mol. The summed E-state index contributed by atoms with van der Waals surface area (Å²) in [6.07, 6.45) is 1.23. The summed E-state index contributed by atoms with van der Waals surface area (Å²) in [4.78, 5) is 10.7. The van der Waals surface area contributed by atoms with E-state index < -0.39 is 5.97 Å². The topological polar surface area (TPSA) is 55.8 Å². The van der Waals surface area contributed by atoms with E-state index in [1.54, 1.807) is 13.0 Å². The largest absolute Gasteiger partial charge is 0.481 e. The van der Waals surface area contributed by atoms with Crippen molar-refractivity contribution in [1.82, 2.24) is 0 Å². The fourth-order valence-corrected chi connectivity index (χ4v) is 1.96. The number of halogens is 1. The number of aryl methyl sites for hydroxylation is 1. The van der Waals surface area contributed by atoms with E-state index in [4.69, 9.17) is 26.2 Å². The van der Waals surface area contributed by atoms with Crippen molar-refractivity contribution >= 4 is 17.6 Å². The first-order valence-electron chi connectivity index (χ1n) is 5.38. The van der Waals surface area contributed by atoms with Crippen LogP contribution in [0.3, 0.4) is 0 Å². The maximum Gasteiger partial charge on any atom is 0.306 e. The van der Waals surface area contributed by atoms with Gasteiger partial charge >= 0.3 is 5.97 Å². The molecule has 92 valence electrons. The third-order valence-electron chi connectivity index (χ3n) is 2.77. The van der Waals surface area contributed by atoms with Crippen molar-refractivity contribution in [3.8, 4) is 11.5 Å². The van der Waals surface area contributed by atoms with Crippen LogP contribution in [0.5, 0.6) is 11.5 Å². The second kappa shape index (κ2) is 4.84. The van der Waals surface area contributed by atoms with Gasteiger partial charge in [-0.05, 0) is 30.5 Å². The van der Waals surface area contributed by atoms with Crippen LogP contribution in [0, 0.1) is 5.92 Å². The van der Waals surface area contributed by atoms with Crippen LogP contribution in [0.4, 0.5) is 0 Å². The highest BCUT2D eigenvalue weighted by molar-refractivity contribution is 6.32. The molecule has 1 aromatic rings. The summed E-state index contributed by atoms with van der Waals surface area (Å²) in [5, 5.41) is 9.31. The van der Waals surface area contributed by atoms with Gasteiger partial charge in [-0.15, -0.1) is 0 Å². The standard InChI is InChI=1S/C12H13ClO4/c1-7(12(14)15)2-3-8-4-9(13)11-10(5-8)16-6-17-11/h4-5,7H,2-3,6H2,1H3,(H,14,15). The minimum absolute atomic E-state index is 0.185. The molecule has 0 fully saturated rings. The smallest absolute Gasteiger partial charge is 0.306 e. The van der Waals surface area contributed by atoms with Gasteiger partial charge in [0.2, 0.25) is 6.79 Å². The lowest BCUT2D eigenvalue weighted by molar-refractivity contribution is -0.141. The number of carboxylic acid groups (broad SMARTS) is 1.